The summed E-state index contributed by atoms with van der Waals surface area (Å²) in [6.07, 6.45) is 4.51. The van der Waals surface area contributed by atoms with Crippen molar-refractivity contribution in [3.63, 3.8) is 0 Å². The van der Waals surface area contributed by atoms with Gasteiger partial charge in [-0.25, -0.2) is 0 Å². The lowest BCUT2D eigenvalue weighted by Crippen LogP contribution is -2.53. The van der Waals surface area contributed by atoms with Crippen LogP contribution in [-0.2, 0) is 0 Å². The Morgan fingerprint density at radius 1 is 1.00 bits per heavy atom. The number of alkyl halides is 1. The van der Waals surface area contributed by atoms with E-state index in [9.17, 15) is 0 Å². The molecule has 2 bridgehead atoms. The molecule has 0 aromatic heterocycles. The van der Waals surface area contributed by atoms with Gasteiger partial charge in [0.05, 0.1) is 4.87 Å². The second-order valence-electron chi connectivity index (χ2n) is 5.97. The van der Waals surface area contributed by atoms with E-state index in [0.717, 1.165) is 41.4 Å². The van der Waals surface area contributed by atoms with E-state index >= 15 is 0 Å². The molecular weight excluding hydrogens is 168 g/mol. The van der Waals surface area contributed by atoms with Gasteiger partial charge in [-0.2, -0.15) is 0 Å². The van der Waals surface area contributed by atoms with Gasteiger partial charge in [-0.05, 0) is 60.7 Å². The van der Waals surface area contributed by atoms with Crippen LogP contribution in [0.3, 0.4) is 0 Å². The average molecular weight is 181 g/mol. The van der Waals surface area contributed by atoms with Crippen molar-refractivity contribution in [1.29, 1.82) is 0 Å². The zero-order valence-electron chi connectivity index (χ0n) is 7.04. The molecule has 8 atom stereocenters. The molecule has 5 fully saturated rings. The molecule has 0 heterocycles. The minimum atomic E-state index is 0.349. The molecule has 5 aliphatic rings. The molecule has 1 heteroatoms. The fourth-order valence-corrected chi connectivity index (χ4v) is 7.05. The highest BCUT2D eigenvalue weighted by molar-refractivity contribution is 6.25. The van der Waals surface area contributed by atoms with Gasteiger partial charge in [-0.3, -0.25) is 0 Å². The number of halogens is 1. The molecule has 5 aliphatic carbocycles. The van der Waals surface area contributed by atoms with Crippen molar-refractivity contribution >= 4 is 11.6 Å². The van der Waals surface area contributed by atoms with Crippen molar-refractivity contribution in [3.05, 3.63) is 0 Å². The minimum absolute atomic E-state index is 0.349. The zero-order chi connectivity index (χ0) is 7.66. The predicted octanol–water partition coefficient (Wildman–Crippen LogP) is 2.52. The summed E-state index contributed by atoms with van der Waals surface area (Å²) in [6, 6.07) is 0. The molecule has 0 aromatic carbocycles. The standard InChI is InChI=1S/C11H13Cl/c12-11-3-7-4-2-8(11)9-5(4)1-6(7)10(9)11/h4-10H,1-3H2. The third-order valence-electron chi connectivity index (χ3n) is 6.27. The van der Waals surface area contributed by atoms with Crippen molar-refractivity contribution in [2.45, 2.75) is 24.1 Å². The van der Waals surface area contributed by atoms with Crippen molar-refractivity contribution in [1.82, 2.24) is 0 Å². The van der Waals surface area contributed by atoms with Gasteiger partial charge >= 0.3 is 0 Å². The largest absolute Gasteiger partial charge is 0.119 e. The number of hydrogen-bond donors (Lipinski definition) is 0. The monoisotopic (exact) mass is 180 g/mol. The average Bonchev–Trinajstić information content (AvgIpc) is 2.55. The molecule has 0 aliphatic heterocycles. The Morgan fingerprint density at radius 2 is 1.92 bits per heavy atom. The fourth-order valence-electron chi connectivity index (χ4n) is 6.33. The Balaban J connectivity index is 1.88. The summed E-state index contributed by atoms with van der Waals surface area (Å²) in [4.78, 5) is 0.349. The Morgan fingerprint density at radius 3 is 2.83 bits per heavy atom. The molecule has 64 valence electrons. The molecule has 12 heavy (non-hydrogen) atoms. The summed E-state index contributed by atoms with van der Waals surface area (Å²) in [5.74, 6) is 7.59. The van der Waals surface area contributed by atoms with E-state index in [4.69, 9.17) is 11.6 Å². The summed E-state index contributed by atoms with van der Waals surface area (Å²) in [5.41, 5.74) is 0. The first kappa shape index (κ1) is 5.90. The van der Waals surface area contributed by atoms with Gasteiger partial charge in [0.25, 0.3) is 0 Å². The Kier molecular flexibility index (Phi) is 0.641. The normalized spacial score (nSPS) is 85.2. The first-order valence-electron chi connectivity index (χ1n) is 5.49. The third-order valence-corrected chi connectivity index (χ3v) is 6.96. The number of hydrogen-bond acceptors (Lipinski definition) is 0. The van der Waals surface area contributed by atoms with Crippen molar-refractivity contribution < 1.29 is 0 Å². The minimum Gasteiger partial charge on any atom is -0.119 e. The maximum atomic E-state index is 6.74. The van der Waals surface area contributed by atoms with E-state index in [1.54, 1.807) is 6.42 Å². The summed E-state index contributed by atoms with van der Waals surface area (Å²) >= 11 is 6.74. The molecule has 0 aromatic rings. The number of fused-ring (bicyclic) bond motifs is 2. The molecule has 0 saturated heterocycles. The molecular formula is C11H13Cl. The third kappa shape index (κ3) is 0.313. The van der Waals surface area contributed by atoms with Crippen molar-refractivity contribution in [2.24, 2.45) is 41.4 Å². The topological polar surface area (TPSA) is 0 Å². The lowest BCUT2D eigenvalue weighted by atomic mass is 9.59. The van der Waals surface area contributed by atoms with Crippen molar-refractivity contribution in [2.75, 3.05) is 0 Å². The molecule has 0 N–H and O–H groups in total. The van der Waals surface area contributed by atoms with Crippen LogP contribution in [0.4, 0.5) is 0 Å². The molecule has 8 unspecified atom stereocenters. The van der Waals surface area contributed by atoms with Gasteiger partial charge in [0.1, 0.15) is 0 Å². The van der Waals surface area contributed by atoms with E-state index in [1.807, 2.05) is 0 Å². The smallest absolute Gasteiger partial charge is 0.0514 e. The van der Waals surface area contributed by atoms with Gasteiger partial charge in [-0.15, -0.1) is 11.6 Å². The van der Waals surface area contributed by atoms with Crippen LogP contribution in [0.25, 0.3) is 0 Å². The molecule has 0 amide bonds. The molecule has 0 radical (unpaired) electrons. The fraction of sp³-hybridized carbons (Fsp3) is 1.00. The van der Waals surface area contributed by atoms with Crippen LogP contribution in [0.1, 0.15) is 19.3 Å². The quantitative estimate of drug-likeness (QED) is 0.503. The van der Waals surface area contributed by atoms with Crippen LogP contribution in [0, 0.1) is 41.4 Å². The summed E-state index contributed by atoms with van der Waals surface area (Å²) in [6.45, 7) is 0. The molecule has 5 rings (SSSR count). The van der Waals surface area contributed by atoms with Crippen LogP contribution >= 0.6 is 11.6 Å². The number of rotatable bonds is 0. The van der Waals surface area contributed by atoms with Crippen LogP contribution < -0.4 is 0 Å². The van der Waals surface area contributed by atoms with E-state index in [0.29, 0.717) is 4.87 Å². The highest BCUT2D eigenvalue weighted by Gasteiger charge is 2.82. The Bertz CT molecular complexity index is 291. The lowest BCUT2D eigenvalue weighted by Gasteiger charge is -2.52. The first-order valence-corrected chi connectivity index (χ1v) is 5.87. The van der Waals surface area contributed by atoms with Gasteiger partial charge in [0, 0.05) is 0 Å². The first-order chi connectivity index (χ1) is 5.81. The summed E-state index contributed by atoms with van der Waals surface area (Å²) < 4.78 is 0. The van der Waals surface area contributed by atoms with Crippen LogP contribution in [0.15, 0.2) is 0 Å². The second-order valence-corrected chi connectivity index (χ2v) is 6.67. The SMILES string of the molecule is ClC12CC3C4CC1C1C4CC3C12. The van der Waals surface area contributed by atoms with E-state index in [1.165, 1.54) is 12.8 Å². The zero-order valence-corrected chi connectivity index (χ0v) is 7.80. The van der Waals surface area contributed by atoms with Gasteiger partial charge in [-0.1, -0.05) is 0 Å². The van der Waals surface area contributed by atoms with E-state index in [2.05, 4.69) is 0 Å². The van der Waals surface area contributed by atoms with Gasteiger partial charge < -0.3 is 0 Å². The molecule has 0 spiro atoms. The summed E-state index contributed by atoms with van der Waals surface area (Å²) in [7, 11) is 0. The maximum Gasteiger partial charge on any atom is 0.0514 e. The Hall–Kier alpha value is 0.290. The lowest BCUT2D eigenvalue weighted by molar-refractivity contribution is 0.0501. The van der Waals surface area contributed by atoms with E-state index < -0.39 is 0 Å². The van der Waals surface area contributed by atoms with Crippen molar-refractivity contribution in [3.8, 4) is 0 Å². The van der Waals surface area contributed by atoms with Gasteiger partial charge in [0.2, 0.25) is 0 Å². The van der Waals surface area contributed by atoms with Crippen LogP contribution in [0.5, 0.6) is 0 Å². The molecule has 5 saturated carbocycles. The molecule has 0 nitrogen and oxygen atoms in total. The summed E-state index contributed by atoms with van der Waals surface area (Å²) in [5, 5.41) is 0. The highest BCUT2D eigenvalue weighted by atomic mass is 35.5. The van der Waals surface area contributed by atoms with E-state index in [-0.39, 0.29) is 0 Å². The highest BCUT2D eigenvalue weighted by Crippen LogP contribution is 2.85. The Labute approximate surface area is 77.7 Å². The maximum absolute atomic E-state index is 6.74. The van der Waals surface area contributed by atoms with Crippen LogP contribution in [0.2, 0.25) is 0 Å². The van der Waals surface area contributed by atoms with Crippen LogP contribution in [-0.4, -0.2) is 4.87 Å². The second kappa shape index (κ2) is 1.30. The van der Waals surface area contributed by atoms with Gasteiger partial charge in [0.15, 0.2) is 0 Å². The predicted molar refractivity (Wildman–Crippen MR) is 46.9 cm³/mol.